The summed E-state index contributed by atoms with van der Waals surface area (Å²) < 4.78 is 5.58. The number of nitrogens with two attached hydrogens (primary N) is 3. The molecule has 8 N–H and O–H groups in total. The topological polar surface area (TPSA) is 178 Å². The highest BCUT2D eigenvalue weighted by Gasteiger charge is 2.34. The third kappa shape index (κ3) is 5.81. The lowest BCUT2D eigenvalue weighted by atomic mass is 10.0. The van der Waals surface area contributed by atoms with Gasteiger partial charge in [0.25, 0.3) is 5.91 Å². The van der Waals surface area contributed by atoms with Crippen molar-refractivity contribution in [2.45, 2.75) is 12.5 Å². The van der Waals surface area contributed by atoms with E-state index in [0.29, 0.717) is 17.0 Å². The molecule has 0 spiro atoms. The van der Waals surface area contributed by atoms with E-state index >= 15 is 0 Å². The number of carbonyl (C=O) groups is 2. The number of ether oxygens (including phenoxy) is 1. The molecule has 152 valence electrons. The maximum Gasteiger partial charge on any atom is 0.271 e. The first kappa shape index (κ1) is 22.6. The molecule has 1 aromatic rings. The van der Waals surface area contributed by atoms with Crippen molar-refractivity contribution in [3.63, 3.8) is 0 Å². The smallest absolute Gasteiger partial charge is 0.271 e. The number of aliphatic hydroxyl groups is 1. The number of aliphatic imine (C=N–C) groups is 2. The monoisotopic (exact) mass is 390 g/mol. The number of nitrogen functional groups attached to an aromatic ring is 1. The number of primary amides is 1. The average molecular weight is 390 g/mol. The Kier molecular flexibility index (Phi) is 8.14. The Hall–Kier alpha value is -3.40. The molecule has 0 heterocycles. The molecule has 2 amide bonds. The molecule has 10 heteroatoms. The molecular formula is C18H26N6O4. The lowest BCUT2D eigenvalue weighted by Gasteiger charge is -2.25. The van der Waals surface area contributed by atoms with Gasteiger partial charge in [0.15, 0.2) is 0 Å². The van der Waals surface area contributed by atoms with Crippen molar-refractivity contribution in [1.29, 1.82) is 0 Å². The van der Waals surface area contributed by atoms with E-state index in [4.69, 9.17) is 21.9 Å². The van der Waals surface area contributed by atoms with Crippen LogP contribution in [0.1, 0.15) is 12.5 Å². The minimum Gasteiger partial charge on any atom is -0.487 e. The molecule has 10 nitrogen and oxygen atoms in total. The number of rotatable bonds is 9. The second kappa shape index (κ2) is 10.1. The molecule has 28 heavy (non-hydrogen) atoms. The minimum atomic E-state index is -1.64. The van der Waals surface area contributed by atoms with Crippen molar-refractivity contribution in [3.05, 3.63) is 35.5 Å². The Morgan fingerprint density at radius 2 is 2.00 bits per heavy atom. The van der Waals surface area contributed by atoms with Gasteiger partial charge in [-0.2, -0.15) is 0 Å². The van der Waals surface area contributed by atoms with Crippen LogP contribution in [0.25, 0.3) is 0 Å². The third-order valence-corrected chi connectivity index (χ3v) is 3.81. The zero-order valence-electron chi connectivity index (χ0n) is 16.1. The van der Waals surface area contributed by atoms with E-state index in [1.165, 1.54) is 26.3 Å². The van der Waals surface area contributed by atoms with E-state index in [0.717, 1.165) is 0 Å². The molecule has 0 aromatic heterocycles. The van der Waals surface area contributed by atoms with Gasteiger partial charge in [0.2, 0.25) is 5.91 Å². The Bertz CT molecular complexity index is 818. The van der Waals surface area contributed by atoms with Crippen LogP contribution < -0.4 is 27.3 Å². The van der Waals surface area contributed by atoms with Crippen LogP contribution in [0, 0.1) is 0 Å². The molecule has 0 aliphatic rings. The number of carbonyl (C=O) groups excluding carboxylic acids is 2. The van der Waals surface area contributed by atoms with Gasteiger partial charge in [-0.3, -0.25) is 19.6 Å². The molecule has 0 bridgehead atoms. The highest BCUT2D eigenvalue weighted by atomic mass is 16.5. The van der Waals surface area contributed by atoms with Crippen LogP contribution in [0.5, 0.6) is 5.75 Å². The quantitative estimate of drug-likeness (QED) is 0.265. The van der Waals surface area contributed by atoms with E-state index in [9.17, 15) is 14.7 Å². The summed E-state index contributed by atoms with van der Waals surface area (Å²) in [6.07, 6.45) is 3.14. The number of hydrogen-bond donors (Lipinski definition) is 5. The lowest BCUT2D eigenvalue weighted by Crippen LogP contribution is -2.59. The number of nitrogens with zero attached hydrogens (tertiary/aromatic N) is 2. The first-order valence-corrected chi connectivity index (χ1v) is 8.28. The number of hydrogen-bond acceptors (Lipinski definition) is 8. The highest BCUT2D eigenvalue weighted by Crippen LogP contribution is 2.21. The van der Waals surface area contributed by atoms with Crippen LogP contribution in [-0.2, 0) is 9.59 Å². The fraction of sp³-hybridized carbons (Fsp3) is 0.333. The Labute approximate surface area is 163 Å². The first-order chi connectivity index (χ1) is 13.2. The molecule has 0 fully saturated rings. The molecule has 1 rings (SSSR count). The van der Waals surface area contributed by atoms with Crippen LogP contribution in [0.2, 0.25) is 0 Å². The zero-order chi connectivity index (χ0) is 21.3. The molecule has 0 saturated heterocycles. The van der Waals surface area contributed by atoms with Crippen LogP contribution in [0.3, 0.4) is 0 Å². The second-order valence-electron chi connectivity index (χ2n) is 6.07. The molecule has 1 atom stereocenters. The van der Waals surface area contributed by atoms with Crippen LogP contribution in [-0.4, -0.2) is 61.7 Å². The Morgan fingerprint density at radius 1 is 1.32 bits per heavy atom. The first-order valence-electron chi connectivity index (χ1n) is 8.28. The third-order valence-electron chi connectivity index (χ3n) is 3.81. The number of aliphatic hydroxyl groups excluding tert-OH is 1. The molecular weight excluding hydrogens is 364 g/mol. The normalized spacial score (nSPS) is 14.6. The van der Waals surface area contributed by atoms with E-state index in [-0.39, 0.29) is 18.0 Å². The second-order valence-corrected chi connectivity index (χ2v) is 6.07. The standard InChI is InChI=1S/C18H26N6O4/c1-18(10-25,17(21)27)24-16(26)15(23-3)13-8-12(4-5-14(13)20)28-9-11(19)6-7-22-2/h4-8,25H,9-10,19-20H2,1-3H3,(H2,21,27)(H,24,26)/b11-6-,22-7?,23-15?. The summed E-state index contributed by atoms with van der Waals surface area (Å²) in [5.41, 5.74) is 16.3. The zero-order valence-corrected chi connectivity index (χ0v) is 16.1. The summed E-state index contributed by atoms with van der Waals surface area (Å²) in [6, 6.07) is 4.70. The summed E-state index contributed by atoms with van der Waals surface area (Å²) in [5, 5.41) is 11.8. The van der Waals surface area contributed by atoms with Crippen LogP contribution in [0.15, 0.2) is 40.0 Å². The van der Waals surface area contributed by atoms with Gasteiger partial charge in [0.05, 0.1) is 6.61 Å². The molecule has 0 aliphatic heterocycles. The van der Waals surface area contributed by atoms with Crippen LogP contribution in [0.4, 0.5) is 5.69 Å². The predicted molar refractivity (Wildman–Crippen MR) is 108 cm³/mol. The molecule has 0 aliphatic carbocycles. The van der Waals surface area contributed by atoms with Crippen molar-refractivity contribution >= 4 is 29.4 Å². The fourth-order valence-electron chi connectivity index (χ4n) is 2.05. The van der Waals surface area contributed by atoms with Gasteiger partial charge < -0.3 is 32.4 Å². The largest absolute Gasteiger partial charge is 0.487 e. The maximum atomic E-state index is 12.6. The number of nitrogens with one attached hydrogen (secondary N) is 1. The number of benzene rings is 1. The maximum absolute atomic E-state index is 12.6. The molecule has 0 saturated carbocycles. The van der Waals surface area contributed by atoms with E-state index < -0.39 is 24.0 Å². The highest BCUT2D eigenvalue weighted by molar-refractivity contribution is 6.46. The number of anilines is 1. The van der Waals surface area contributed by atoms with E-state index in [2.05, 4.69) is 15.3 Å². The predicted octanol–water partition coefficient (Wildman–Crippen LogP) is -1.04. The van der Waals surface area contributed by atoms with Crippen molar-refractivity contribution < 1.29 is 19.4 Å². The fourth-order valence-corrected chi connectivity index (χ4v) is 2.05. The van der Waals surface area contributed by atoms with Gasteiger partial charge in [-0.1, -0.05) is 0 Å². The van der Waals surface area contributed by atoms with Gasteiger partial charge >= 0.3 is 0 Å². The lowest BCUT2D eigenvalue weighted by molar-refractivity contribution is -0.129. The van der Waals surface area contributed by atoms with Gasteiger partial charge in [0, 0.05) is 37.3 Å². The van der Waals surface area contributed by atoms with Crippen molar-refractivity contribution in [3.8, 4) is 5.75 Å². The van der Waals surface area contributed by atoms with Crippen molar-refractivity contribution in [2.75, 3.05) is 33.0 Å². The SMILES string of the molecule is CN=C/C=C(\N)COc1ccc(N)c(C(=NC)C(=O)NC(C)(CO)C(N)=O)c1. The number of amides is 2. The minimum absolute atomic E-state index is 0.0505. The molecule has 1 aromatic carbocycles. The molecule has 1 unspecified atom stereocenters. The summed E-state index contributed by atoms with van der Waals surface area (Å²) in [4.78, 5) is 31.9. The Balaban J connectivity index is 3.09. The Morgan fingerprint density at radius 3 is 2.54 bits per heavy atom. The van der Waals surface area contributed by atoms with Gasteiger partial charge in [-0.05, 0) is 31.2 Å². The van der Waals surface area contributed by atoms with Crippen LogP contribution >= 0.6 is 0 Å². The van der Waals surface area contributed by atoms with Gasteiger partial charge in [0.1, 0.15) is 23.6 Å². The van der Waals surface area contributed by atoms with Gasteiger partial charge in [-0.25, -0.2) is 0 Å². The van der Waals surface area contributed by atoms with Crippen molar-refractivity contribution in [1.82, 2.24) is 5.32 Å². The van der Waals surface area contributed by atoms with Crippen molar-refractivity contribution in [2.24, 2.45) is 21.5 Å². The average Bonchev–Trinajstić information content (AvgIpc) is 2.66. The van der Waals surface area contributed by atoms with Gasteiger partial charge in [-0.15, -0.1) is 0 Å². The van der Waals surface area contributed by atoms with E-state index in [1.807, 2.05) is 0 Å². The summed E-state index contributed by atoms with van der Waals surface area (Å²) in [6.45, 7) is 0.735. The summed E-state index contributed by atoms with van der Waals surface area (Å²) in [7, 11) is 3.01. The summed E-state index contributed by atoms with van der Waals surface area (Å²) in [5.74, 6) is -1.20. The van der Waals surface area contributed by atoms with E-state index in [1.54, 1.807) is 25.3 Å². The summed E-state index contributed by atoms with van der Waals surface area (Å²) >= 11 is 0. The number of allylic oxidation sites excluding steroid dienone is 1. The molecule has 0 radical (unpaired) electrons.